The van der Waals surface area contributed by atoms with Crippen molar-refractivity contribution in [3.63, 3.8) is 0 Å². The number of fused-ring (bicyclic) bond motifs is 1. The highest BCUT2D eigenvalue weighted by atomic mass is 32.1. The van der Waals surface area contributed by atoms with Crippen molar-refractivity contribution in [2.45, 2.75) is 26.2 Å². The normalized spacial score (nSPS) is 15.3. The fraction of sp³-hybridized carbons (Fsp3) is 0.500. The minimum atomic E-state index is -0.534. The van der Waals surface area contributed by atoms with Gasteiger partial charge in [0.25, 0.3) is 0 Å². The van der Waals surface area contributed by atoms with Gasteiger partial charge in [-0.1, -0.05) is 30.4 Å². The van der Waals surface area contributed by atoms with Crippen molar-refractivity contribution in [2.75, 3.05) is 31.1 Å². The second-order valence-corrected chi connectivity index (χ2v) is 7.37. The average molecular weight is 360 g/mol. The number of carbonyl (C=O) groups excluding carboxylic acids is 2. The summed E-state index contributed by atoms with van der Waals surface area (Å²) in [4.78, 5) is 30.3. The molecule has 7 heteroatoms. The fourth-order valence-electron chi connectivity index (χ4n) is 2.96. The van der Waals surface area contributed by atoms with Crippen LogP contribution in [0.1, 0.15) is 26.2 Å². The van der Waals surface area contributed by atoms with Crippen molar-refractivity contribution in [3.05, 3.63) is 24.3 Å². The number of carbonyl (C=O) groups is 2. The third-order valence-electron chi connectivity index (χ3n) is 4.46. The van der Waals surface area contributed by atoms with E-state index in [1.165, 1.54) is 4.70 Å². The number of anilines is 1. The quantitative estimate of drug-likeness (QED) is 0.802. The number of piperidine rings is 1. The first-order valence-electron chi connectivity index (χ1n) is 8.84. The maximum Gasteiger partial charge on any atom is 0.309 e. The Morgan fingerprint density at radius 2 is 1.92 bits per heavy atom. The Morgan fingerprint density at radius 1 is 1.20 bits per heavy atom. The number of benzene rings is 1. The van der Waals surface area contributed by atoms with Crippen molar-refractivity contribution in [3.8, 4) is 0 Å². The average Bonchev–Trinajstić information content (AvgIpc) is 3.08. The first-order chi connectivity index (χ1) is 12.2. The standard InChI is InChI=1S/C18H24N4O2S/c1-2-9-19-16(23)17(24)20-12-13-7-10-22(11-8-13)18-21-14-5-3-4-6-15(14)25-18/h3-6,13H,2,7-12H2,1H3,(H,19,23)(H,20,24). The maximum atomic E-state index is 11.7. The van der Waals surface area contributed by atoms with Gasteiger partial charge in [0, 0.05) is 26.2 Å². The van der Waals surface area contributed by atoms with Gasteiger partial charge in [0.05, 0.1) is 10.2 Å². The summed E-state index contributed by atoms with van der Waals surface area (Å²) < 4.78 is 1.21. The Bertz CT molecular complexity index is 705. The van der Waals surface area contributed by atoms with Crippen LogP contribution in [0.2, 0.25) is 0 Å². The van der Waals surface area contributed by atoms with Crippen LogP contribution in [0.3, 0.4) is 0 Å². The van der Waals surface area contributed by atoms with Crippen LogP contribution in [-0.2, 0) is 9.59 Å². The van der Waals surface area contributed by atoms with Crippen LogP contribution < -0.4 is 15.5 Å². The summed E-state index contributed by atoms with van der Waals surface area (Å²) in [5.74, 6) is -0.649. The third-order valence-corrected chi connectivity index (χ3v) is 5.56. The summed E-state index contributed by atoms with van der Waals surface area (Å²) in [6.07, 6.45) is 2.81. The van der Waals surface area contributed by atoms with E-state index in [9.17, 15) is 9.59 Å². The highest BCUT2D eigenvalue weighted by molar-refractivity contribution is 7.22. The van der Waals surface area contributed by atoms with Gasteiger partial charge in [-0.3, -0.25) is 9.59 Å². The van der Waals surface area contributed by atoms with E-state index in [0.717, 1.165) is 43.0 Å². The van der Waals surface area contributed by atoms with Crippen LogP contribution in [0.4, 0.5) is 5.13 Å². The van der Waals surface area contributed by atoms with E-state index in [1.807, 2.05) is 25.1 Å². The van der Waals surface area contributed by atoms with Crippen LogP contribution >= 0.6 is 11.3 Å². The molecule has 0 atom stereocenters. The second kappa shape index (κ2) is 8.29. The summed E-state index contributed by atoms with van der Waals surface area (Å²) in [5, 5.41) is 6.42. The topological polar surface area (TPSA) is 74.3 Å². The van der Waals surface area contributed by atoms with Crippen molar-refractivity contribution >= 4 is 38.5 Å². The van der Waals surface area contributed by atoms with Gasteiger partial charge in [-0.05, 0) is 37.3 Å². The highest BCUT2D eigenvalue weighted by Crippen LogP contribution is 2.31. The maximum absolute atomic E-state index is 11.7. The Labute approximate surface area is 151 Å². The van der Waals surface area contributed by atoms with E-state index < -0.39 is 11.8 Å². The van der Waals surface area contributed by atoms with Gasteiger partial charge < -0.3 is 15.5 Å². The summed E-state index contributed by atoms with van der Waals surface area (Å²) in [6, 6.07) is 8.19. The van der Waals surface area contributed by atoms with Gasteiger partial charge in [-0.2, -0.15) is 0 Å². The molecule has 25 heavy (non-hydrogen) atoms. The molecule has 1 aliphatic rings. The van der Waals surface area contributed by atoms with Gasteiger partial charge in [-0.15, -0.1) is 0 Å². The number of thiazole rings is 1. The Hall–Kier alpha value is -2.15. The molecule has 1 saturated heterocycles. The molecule has 0 unspecified atom stereocenters. The van der Waals surface area contributed by atoms with Crippen LogP contribution in [0, 0.1) is 5.92 Å². The first kappa shape index (κ1) is 17.7. The molecule has 0 aliphatic carbocycles. The molecule has 2 aromatic rings. The molecule has 134 valence electrons. The predicted molar refractivity (Wildman–Crippen MR) is 101 cm³/mol. The monoisotopic (exact) mass is 360 g/mol. The SMILES string of the molecule is CCCNC(=O)C(=O)NCC1CCN(c2nc3ccccc3s2)CC1. The summed E-state index contributed by atoms with van der Waals surface area (Å²) in [5.41, 5.74) is 1.05. The molecule has 0 spiro atoms. The second-order valence-electron chi connectivity index (χ2n) is 6.36. The molecule has 3 rings (SSSR count). The van der Waals surface area contributed by atoms with E-state index in [2.05, 4.69) is 21.6 Å². The lowest BCUT2D eigenvalue weighted by atomic mass is 9.97. The van der Waals surface area contributed by atoms with Crippen LogP contribution in [0.25, 0.3) is 10.2 Å². The van der Waals surface area contributed by atoms with E-state index in [-0.39, 0.29) is 0 Å². The first-order valence-corrected chi connectivity index (χ1v) is 9.65. The van der Waals surface area contributed by atoms with E-state index >= 15 is 0 Å². The molecule has 2 heterocycles. The number of amides is 2. The minimum Gasteiger partial charge on any atom is -0.348 e. The number of aromatic nitrogens is 1. The van der Waals surface area contributed by atoms with Gasteiger partial charge in [0.15, 0.2) is 5.13 Å². The van der Waals surface area contributed by atoms with Crippen LogP contribution in [-0.4, -0.2) is 43.0 Å². The molecular weight excluding hydrogens is 336 g/mol. The Balaban J connectivity index is 1.45. The molecule has 1 fully saturated rings. The predicted octanol–water partition coefficient (Wildman–Crippen LogP) is 2.16. The van der Waals surface area contributed by atoms with E-state index in [4.69, 9.17) is 4.98 Å². The Morgan fingerprint density at radius 3 is 2.64 bits per heavy atom. The van der Waals surface area contributed by atoms with Crippen LogP contribution in [0.5, 0.6) is 0 Å². The highest BCUT2D eigenvalue weighted by Gasteiger charge is 2.23. The molecule has 6 nitrogen and oxygen atoms in total. The number of para-hydroxylation sites is 1. The molecule has 1 aliphatic heterocycles. The number of hydrogen-bond donors (Lipinski definition) is 2. The van der Waals surface area contributed by atoms with Gasteiger partial charge in [-0.25, -0.2) is 4.98 Å². The Kier molecular flexibility index (Phi) is 5.86. The molecular formula is C18H24N4O2S. The zero-order chi connectivity index (χ0) is 17.6. The van der Waals surface area contributed by atoms with E-state index in [0.29, 0.717) is 19.0 Å². The summed E-state index contributed by atoms with van der Waals surface area (Å²) in [7, 11) is 0. The van der Waals surface area contributed by atoms with Gasteiger partial charge in [0.1, 0.15) is 0 Å². The lowest BCUT2D eigenvalue weighted by Crippen LogP contribution is -2.44. The summed E-state index contributed by atoms with van der Waals surface area (Å²) >= 11 is 1.73. The zero-order valence-electron chi connectivity index (χ0n) is 14.5. The third kappa shape index (κ3) is 4.48. The molecule has 1 aromatic heterocycles. The number of nitrogens with one attached hydrogen (secondary N) is 2. The minimum absolute atomic E-state index is 0.411. The smallest absolute Gasteiger partial charge is 0.309 e. The van der Waals surface area contributed by atoms with Crippen LogP contribution in [0.15, 0.2) is 24.3 Å². The lowest BCUT2D eigenvalue weighted by molar-refractivity contribution is -0.139. The number of nitrogens with zero attached hydrogens (tertiary/aromatic N) is 2. The van der Waals surface area contributed by atoms with Crippen molar-refractivity contribution < 1.29 is 9.59 Å². The molecule has 2 N–H and O–H groups in total. The molecule has 0 radical (unpaired) electrons. The van der Waals surface area contributed by atoms with Gasteiger partial charge >= 0.3 is 11.8 Å². The fourth-order valence-corrected chi connectivity index (χ4v) is 3.98. The molecule has 0 bridgehead atoms. The lowest BCUT2D eigenvalue weighted by Gasteiger charge is -2.31. The number of rotatable bonds is 5. The van der Waals surface area contributed by atoms with Crippen molar-refractivity contribution in [1.82, 2.24) is 15.6 Å². The molecule has 1 aromatic carbocycles. The largest absolute Gasteiger partial charge is 0.348 e. The van der Waals surface area contributed by atoms with E-state index in [1.54, 1.807) is 11.3 Å². The zero-order valence-corrected chi connectivity index (χ0v) is 15.3. The molecule has 2 amide bonds. The van der Waals surface area contributed by atoms with Crippen molar-refractivity contribution in [1.29, 1.82) is 0 Å². The van der Waals surface area contributed by atoms with Gasteiger partial charge in [0.2, 0.25) is 0 Å². The molecule has 0 saturated carbocycles. The number of hydrogen-bond acceptors (Lipinski definition) is 5. The summed E-state index contributed by atoms with van der Waals surface area (Å²) in [6.45, 7) is 4.92. The van der Waals surface area contributed by atoms with Crippen molar-refractivity contribution in [2.24, 2.45) is 5.92 Å².